The van der Waals surface area contributed by atoms with Crippen molar-refractivity contribution in [3.05, 3.63) is 27.5 Å². The fourth-order valence-electron chi connectivity index (χ4n) is 2.43. The molecule has 1 saturated heterocycles. The molecule has 0 aromatic carbocycles. The molecule has 1 aliphatic rings. The molecule has 0 saturated carbocycles. The largest absolute Gasteiger partial charge is 0.465 e. The number of hydrogen-bond donors (Lipinski definition) is 1. The molecule has 1 fully saturated rings. The summed E-state index contributed by atoms with van der Waals surface area (Å²) in [6.45, 7) is 3.09. The van der Waals surface area contributed by atoms with E-state index in [9.17, 15) is 9.59 Å². The Kier molecular flexibility index (Phi) is 5.01. The molecule has 6 heteroatoms. The van der Waals surface area contributed by atoms with Gasteiger partial charge in [-0.3, -0.25) is 0 Å². The molecule has 0 spiro atoms. The first-order valence-electron chi connectivity index (χ1n) is 6.86. The number of carboxylic acid groups (broad SMARTS) is 1. The van der Waals surface area contributed by atoms with Crippen LogP contribution in [-0.4, -0.2) is 42.3 Å². The molecule has 2 rings (SSSR count). The highest BCUT2D eigenvalue weighted by Gasteiger charge is 2.21. The molecule has 21 heavy (non-hydrogen) atoms. The maximum Gasteiger partial charge on any atom is 0.407 e. The van der Waals surface area contributed by atoms with Crippen LogP contribution in [0.15, 0.2) is 12.1 Å². The number of allylic oxidation sites excluding steroid dienone is 1. The van der Waals surface area contributed by atoms with Crippen LogP contribution >= 0.6 is 11.3 Å². The quantitative estimate of drug-likeness (QED) is 0.870. The summed E-state index contributed by atoms with van der Waals surface area (Å²) in [5.74, 6) is 0.0414. The number of likely N-dealkylation sites (tertiary alicyclic amines) is 1. The summed E-state index contributed by atoms with van der Waals surface area (Å²) < 4.78 is 4.79. The molecule has 1 aromatic rings. The second-order valence-electron chi connectivity index (χ2n) is 5.10. The zero-order valence-electron chi connectivity index (χ0n) is 12.2. The third-order valence-corrected chi connectivity index (χ3v) is 4.66. The lowest BCUT2D eigenvalue weighted by Crippen LogP contribution is -2.36. The van der Waals surface area contributed by atoms with E-state index in [1.165, 1.54) is 23.3 Å². The summed E-state index contributed by atoms with van der Waals surface area (Å²) in [5.41, 5.74) is 0.880. The number of hydrogen-bond acceptors (Lipinski definition) is 4. The van der Waals surface area contributed by atoms with E-state index in [-0.39, 0.29) is 5.97 Å². The van der Waals surface area contributed by atoms with Gasteiger partial charge in [0.2, 0.25) is 0 Å². The van der Waals surface area contributed by atoms with E-state index < -0.39 is 6.09 Å². The van der Waals surface area contributed by atoms with E-state index >= 15 is 0 Å². The zero-order chi connectivity index (χ0) is 15.4. The van der Waals surface area contributed by atoms with Gasteiger partial charge in [0.05, 0.1) is 7.11 Å². The number of ether oxygens (including phenoxy) is 1. The van der Waals surface area contributed by atoms with E-state index in [4.69, 9.17) is 9.84 Å². The van der Waals surface area contributed by atoms with E-state index in [0.717, 1.165) is 23.3 Å². The molecule has 1 aromatic heterocycles. The highest BCUT2D eigenvalue weighted by Crippen LogP contribution is 2.26. The number of carbonyl (C=O) groups excluding carboxylic acids is 1. The van der Waals surface area contributed by atoms with Crippen LogP contribution in [0, 0.1) is 12.8 Å². The topological polar surface area (TPSA) is 66.8 Å². The molecule has 1 aliphatic heterocycles. The average Bonchev–Trinajstić information content (AvgIpc) is 2.85. The number of methoxy groups -OCH3 is 1. The standard InChI is InChI=1S/C15H19NO4S/c1-10-9-12(13(21-10)14(17)20-2)4-3-11-5-7-16(8-6-11)15(18)19/h3-4,9,11H,5-8H2,1-2H3,(H,18,19)/b4-3+. The summed E-state index contributed by atoms with van der Waals surface area (Å²) in [6, 6.07) is 1.97. The lowest BCUT2D eigenvalue weighted by Gasteiger charge is -2.28. The average molecular weight is 309 g/mol. The molecule has 0 radical (unpaired) electrons. The number of carbonyl (C=O) groups is 2. The maximum absolute atomic E-state index is 11.7. The van der Waals surface area contributed by atoms with Crippen molar-refractivity contribution in [1.29, 1.82) is 0 Å². The Balaban J connectivity index is 2.02. The Morgan fingerprint density at radius 1 is 1.43 bits per heavy atom. The smallest absolute Gasteiger partial charge is 0.407 e. The first-order valence-corrected chi connectivity index (χ1v) is 7.67. The highest BCUT2D eigenvalue weighted by molar-refractivity contribution is 7.14. The number of aryl methyl sites for hydroxylation is 1. The fraction of sp³-hybridized carbons (Fsp3) is 0.467. The van der Waals surface area contributed by atoms with Gasteiger partial charge in [0, 0.05) is 18.0 Å². The summed E-state index contributed by atoms with van der Waals surface area (Å²) in [5, 5.41) is 8.92. The zero-order valence-corrected chi connectivity index (χ0v) is 13.0. The van der Waals surface area contributed by atoms with Gasteiger partial charge in [0.25, 0.3) is 0 Å². The van der Waals surface area contributed by atoms with Crippen molar-refractivity contribution in [1.82, 2.24) is 4.90 Å². The first kappa shape index (κ1) is 15.6. The Morgan fingerprint density at radius 3 is 2.67 bits per heavy atom. The number of rotatable bonds is 3. The molecule has 0 atom stereocenters. The van der Waals surface area contributed by atoms with Gasteiger partial charge in [0.15, 0.2) is 0 Å². The van der Waals surface area contributed by atoms with Crippen LogP contribution in [0.4, 0.5) is 4.79 Å². The monoisotopic (exact) mass is 309 g/mol. The molecule has 0 aliphatic carbocycles. The molecule has 2 heterocycles. The van der Waals surface area contributed by atoms with Crippen molar-refractivity contribution in [3.8, 4) is 0 Å². The van der Waals surface area contributed by atoms with Crippen molar-refractivity contribution in [2.45, 2.75) is 19.8 Å². The van der Waals surface area contributed by atoms with Crippen LogP contribution < -0.4 is 0 Å². The van der Waals surface area contributed by atoms with E-state index in [1.807, 2.05) is 19.1 Å². The highest BCUT2D eigenvalue weighted by atomic mass is 32.1. The van der Waals surface area contributed by atoms with Gasteiger partial charge in [-0.2, -0.15) is 0 Å². The Hall–Kier alpha value is -1.82. The Bertz CT molecular complexity index is 556. The predicted octanol–water partition coefficient (Wildman–Crippen LogP) is 3.25. The SMILES string of the molecule is COC(=O)c1sc(C)cc1/C=C/C1CCN(C(=O)O)CC1. The van der Waals surface area contributed by atoms with Crippen molar-refractivity contribution in [2.24, 2.45) is 5.92 Å². The van der Waals surface area contributed by atoms with Crippen molar-refractivity contribution in [3.63, 3.8) is 0 Å². The Morgan fingerprint density at radius 2 is 2.10 bits per heavy atom. The van der Waals surface area contributed by atoms with E-state index in [2.05, 4.69) is 6.08 Å². The summed E-state index contributed by atoms with van der Waals surface area (Å²) in [6.07, 6.45) is 4.82. The third-order valence-electron chi connectivity index (χ3n) is 3.61. The van der Waals surface area contributed by atoms with Gasteiger partial charge in [-0.1, -0.05) is 12.2 Å². The second kappa shape index (κ2) is 6.76. The lowest BCUT2D eigenvalue weighted by molar-refractivity contribution is 0.0606. The number of amides is 1. The van der Waals surface area contributed by atoms with Crippen LogP contribution in [-0.2, 0) is 4.74 Å². The number of piperidine rings is 1. The number of esters is 1. The number of thiophene rings is 1. The Labute approximate surface area is 127 Å². The predicted molar refractivity (Wildman–Crippen MR) is 81.8 cm³/mol. The van der Waals surface area contributed by atoms with Gasteiger partial charge < -0.3 is 14.7 Å². The van der Waals surface area contributed by atoms with Crippen molar-refractivity contribution < 1.29 is 19.4 Å². The van der Waals surface area contributed by atoms with Crippen LogP contribution in [0.3, 0.4) is 0 Å². The summed E-state index contributed by atoms with van der Waals surface area (Å²) in [4.78, 5) is 25.7. The molecule has 5 nitrogen and oxygen atoms in total. The minimum absolute atomic E-state index is 0.312. The van der Waals surface area contributed by atoms with Crippen LogP contribution in [0.5, 0.6) is 0 Å². The van der Waals surface area contributed by atoms with Gasteiger partial charge >= 0.3 is 12.1 Å². The molecular formula is C15H19NO4S. The van der Waals surface area contributed by atoms with Gasteiger partial charge in [-0.15, -0.1) is 11.3 Å². The van der Waals surface area contributed by atoms with Crippen LogP contribution in [0.1, 0.15) is 33.0 Å². The minimum Gasteiger partial charge on any atom is -0.465 e. The number of nitrogens with zero attached hydrogens (tertiary/aromatic N) is 1. The van der Waals surface area contributed by atoms with Crippen molar-refractivity contribution in [2.75, 3.05) is 20.2 Å². The molecule has 114 valence electrons. The minimum atomic E-state index is -0.848. The molecule has 0 bridgehead atoms. The molecule has 1 amide bonds. The first-order chi connectivity index (χ1) is 10.0. The van der Waals surface area contributed by atoms with Crippen molar-refractivity contribution >= 4 is 29.5 Å². The van der Waals surface area contributed by atoms with Gasteiger partial charge in [0.1, 0.15) is 4.88 Å². The normalized spacial score (nSPS) is 16.4. The van der Waals surface area contributed by atoms with Crippen LogP contribution in [0.25, 0.3) is 6.08 Å². The molecular weight excluding hydrogens is 290 g/mol. The van der Waals surface area contributed by atoms with Gasteiger partial charge in [-0.05, 0) is 37.3 Å². The fourth-order valence-corrected chi connectivity index (χ4v) is 3.35. The van der Waals surface area contributed by atoms with Gasteiger partial charge in [-0.25, -0.2) is 9.59 Å². The van der Waals surface area contributed by atoms with Crippen LogP contribution in [0.2, 0.25) is 0 Å². The maximum atomic E-state index is 11.7. The third kappa shape index (κ3) is 3.85. The second-order valence-corrected chi connectivity index (χ2v) is 6.36. The lowest BCUT2D eigenvalue weighted by atomic mass is 9.96. The molecule has 1 N–H and O–H groups in total. The van der Waals surface area contributed by atoms with E-state index in [0.29, 0.717) is 23.9 Å². The molecule has 0 unspecified atom stereocenters. The van der Waals surface area contributed by atoms with E-state index in [1.54, 1.807) is 0 Å². The summed E-state index contributed by atoms with van der Waals surface area (Å²) >= 11 is 1.43. The summed E-state index contributed by atoms with van der Waals surface area (Å²) in [7, 11) is 1.38.